The fourth-order valence-corrected chi connectivity index (χ4v) is 11.4. The van der Waals surface area contributed by atoms with E-state index in [1.165, 1.54) is 0 Å². The quantitative estimate of drug-likeness (QED) is 0.142. The molecule has 0 N–H and O–H groups in total. The van der Waals surface area contributed by atoms with Gasteiger partial charge in [0.25, 0.3) is 0 Å². The van der Waals surface area contributed by atoms with Crippen molar-refractivity contribution in [2.24, 2.45) is 0 Å². The van der Waals surface area contributed by atoms with Crippen LogP contribution >= 0.6 is 159 Å². The summed E-state index contributed by atoms with van der Waals surface area (Å²) in [6.07, 6.45) is -1.84. The highest BCUT2D eigenvalue weighted by Gasteiger charge is 2.29. The van der Waals surface area contributed by atoms with Crippen molar-refractivity contribution in [1.82, 2.24) is 0 Å². The molecule has 4 aromatic rings. The van der Waals surface area contributed by atoms with Crippen molar-refractivity contribution >= 4 is 172 Å². The fraction of sp³-hybridized carbons (Fsp3) is 0.103. The van der Waals surface area contributed by atoms with Gasteiger partial charge < -0.3 is 18.9 Å². The second kappa shape index (κ2) is 15.8. The third-order valence-electron chi connectivity index (χ3n) is 6.11. The Bertz CT molecular complexity index is 1620. The highest BCUT2D eigenvalue weighted by Crippen LogP contribution is 2.45. The van der Waals surface area contributed by atoms with Gasteiger partial charge in [-0.1, -0.05) is 45.7 Å². The number of hydrogen-bond acceptors (Lipinski definition) is 6. The molecular formula is C29H14Br10O6. The average Bonchev–Trinajstić information content (AvgIpc) is 2.92. The van der Waals surface area contributed by atoms with Crippen LogP contribution in [0.4, 0.5) is 9.59 Å². The van der Waals surface area contributed by atoms with E-state index >= 15 is 0 Å². The Balaban J connectivity index is 1.54. The first-order valence-corrected chi connectivity index (χ1v) is 20.0. The summed E-state index contributed by atoms with van der Waals surface area (Å²) in [6.45, 7) is 4.06. The molecule has 4 rings (SSSR count). The molecule has 0 amide bonds. The molecule has 236 valence electrons. The number of carbonyl (C=O) groups excluding carboxylic acids is 2. The zero-order valence-electron chi connectivity index (χ0n) is 22.3. The fourth-order valence-electron chi connectivity index (χ4n) is 3.83. The summed E-state index contributed by atoms with van der Waals surface area (Å²) >= 11 is 34.5. The van der Waals surface area contributed by atoms with Gasteiger partial charge in [0.2, 0.25) is 0 Å². The van der Waals surface area contributed by atoms with Gasteiger partial charge in [-0.05, 0) is 187 Å². The zero-order valence-corrected chi connectivity index (χ0v) is 38.2. The third kappa shape index (κ3) is 9.27. The molecule has 0 radical (unpaired) electrons. The summed E-state index contributed by atoms with van der Waals surface area (Å²) in [4.78, 5) is 25.4. The molecule has 0 aliphatic carbocycles. The van der Waals surface area contributed by atoms with Crippen LogP contribution in [0.2, 0.25) is 0 Å². The number of halogens is 10. The average molecular weight is 1260 g/mol. The summed E-state index contributed by atoms with van der Waals surface area (Å²) in [5.74, 6) is 1.05. The van der Waals surface area contributed by atoms with E-state index in [4.69, 9.17) is 18.9 Å². The van der Waals surface area contributed by atoms with Crippen LogP contribution in [0.25, 0.3) is 0 Å². The lowest BCUT2D eigenvalue weighted by Gasteiger charge is -2.28. The topological polar surface area (TPSA) is 71.1 Å². The highest BCUT2D eigenvalue weighted by molar-refractivity contribution is 9.12. The van der Waals surface area contributed by atoms with Crippen molar-refractivity contribution < 1.29 is 28.5 Å². The molecule has 0 saturated heterocycles. The Morgan fingerprint density at radius 1 is 0.422 bits per heavy atom. The van der Waals surface area contributed by atoms with Gasteiger partial charge >= 0.3 is 12.3 Å². The number of ether oxygens (including phenoxy) is 4. The molecular weight excluding hydrogens is 1240 g/mol. The van der Waals surface area contributed by atoms with Gasteiger partial charge in [-0.15, -0.1) is 0 Å². The first kappa shape index (κ1) is 38.0. The predicted molar refractivity (Wildman–Crippen MR) is 208 cm³/mol. The summed E-state index contributed by atoms with van der Waals surface area (Å²) in [7, 11) is 0. The smallest absolute Gasteiger partial charge is 0.392 e. The van der Waals surface area contributed by atoms with Gasteiger partial charge in [-0.2, -0.15) is 0 Å². The summed E-state index contributed by atoms with van der Waals surface area (Å²) in [5, 5.41) is 0. The molecule has 45 heavy (non-hydrogen) atoms. The van der Waals surface area contributed by atoms with Crippen LogP contribution in [-0.4, -0.2) is 12.3 Å². The Morgan fingerprint density at radius 3 is 0.844 bits per heavy atom. The SMILES string of the molecule is CC(C)(c1cc(Br)c(OC(=O)Oc2c(Br)cc(Br)cc2Br)c(Br)c1)c1cc(Br)c(OC(=O)Oc2c(Br)cc(Br)cc2Br)c(Br)c1. The molecule has 0 aromatic heterocycles. The first-order valence-electron chi connectivity index (χ1n) is 12.0. The largest absolute Gasteiger partial charge is 0.519 e. The third-order valence-corrected chi connectivity index (χ3v) is 11.7. The van der Waals surface area contributed by atoms with Gasteiger partial charge in [0.15, 0.2) is 23.0 Å². The van der Waals surface area contributed by atoms with Crippen LogP contribution in [-0.2, 0) is 5.41 Å². The van der Waals surface area contributed by atoms with E-state index in [0.29, 0.717) is 35.8 Å². The van der Waals surface area contributed by atoms with Gasteiger partial charge in [-0.25, -0.2) is 9.59 Å². The highest BCUT2D eigenvalue weighted by atomic mass is 79.9. The number of carbonyl (C=O) groups is 2. The maximum Gasteiger partial charge on any atom is 0.519 e. The molecule has 0 aliphatic rings. The van der Waals surface area contributed by atoms with E-state index in [1.54, 1.807) is 24.3 Å². The van der Waals surface area contributed by atoms with Crippen LogP contribution in [0, 0.1) is 0 Å². The molecule has 0 spiro atoms. The Hall–Kier alpha value is 0.220. The molecule has 0 atom stereocenters. The van der Waals surface area contributed by atoms with E-state index in [2.05, 4.69) is 159 Å². The molecule has 6 nitrogen and oxygen atoms in total. The minimum absolute atomic E-state index is 0.248. The Kier molecular flexibility index (Phi) is 13.4. The maximum absolute atomic E-state index is 12.7. The van der Waals surface area contributed by atoms with Gasteiger partial charge in [0, 0.05) is 14.4 Å². The molecule has 0 heterocycles. The summed E-state index contributed by atoms with van der Waals surface area (Å²) in [5.41, 5.74) is 1.21. The molecule has 0 aliphatic heterocycles. The normalized spacial score (nSPS) is 11.3. The van der Waals surface area contributed by atoms with Crippen molar-refractivity contribution in [3.05, 3.63) is 104 Å². The van der Waals surface area contributed by atoms with Crippen molar-refractivity contribution in [3.8, 4) is 23.0 Å². The first-order chi connectivity index (χ1) is 21.0. The van der Waals surface area contributed by atoms with E-state index in [9.17, 15) is 9.59 Å². The van der Waals surface area contributed by atoms with E-state index in [-0.39, 0.29) is 23.0 Å². The van der Waals surface area contributed by atoms with Crippen LogP contribution < -0.4 is 18.9 Å². The van der Waals surface area contributed by atoms with E-state index in [0.717, 1.165) is 20.1 Å². The van der Waals surface area contributed by atoms with E-state index in [1.807, 2.05) is 38.1 Å². The molecule has 0 unspecified atom stereocenters. The molecule has 0 saturated carbocycles. The predicted octanol–water partition coefficient (Wildman–Crippen LogP) is 14.8. The molecule has 0 bridgehead atoms. The van der Waals surface area contributed by atoms with E-state index < -0.39 is 17.7 Å². The molecule has 16 heteroatoms. The lowest BCUT2D eigenvalue weighted by Crippen LogP contribution is -2.20. The van der Waals surface area contributed by atoms with Gasteiger partial charge in [0.1, 0.15) is 0 Å². The van der Waals surface area contributed by atoms with Crippen LogP contribution in [0.1, 0.15) is 25.0 Å². The maximum atomic E-state index is 12.7. The minimum atomic E-state index is -0.922. The van der Waals surface area contributed by atoms with Crippen LogP contribution in [0.15, 0.2) is 93.3 Å². The van der Waals surface area contributed by atoms with Crippen molar-refractivity contribution in [2.75, 3.05) is 0 Å². The molecule has 0 fully saturated rings. The number of hydrogen-bond donors (Lipinski definition) is 0. The van der Waals surface area contributed by atoms with Crippen molar-refractivity contribution in [2.45, 2.75) is 19.3 Å². The monoisotopic (exact) mass is 1250 g/mol. The second-order valence-electron chi connectivity index (χ2n) is 9.47. The lowest BCUT2D eigenvalue weighted by molar-refractivity contribution is 0.149. The zero-order chi connectivity index (χ0) is 33.4. The summed E-state index contributed by atoms with van der Waals surface area (Å²) < 4.78 is 28.0. The van der Waals surface area contributed by atoms with Gasteiger partial charge in [-0.3, -0.25) is 0 Å². The Morgan fingerprint density at radius 2 is 0.622 bits per heavy atom. The lowest BCUT2D eigenvalue weighted by atomic mass is 9.78. The number of benzene rings is 4. The standard InChI is InChI=1S/C29H14Br10O6/c1-29(2,11-3-15(32)23(16(33)4-11)42-27(40)44-25-19(36)7-13(30)8-20(25)37)12-5-17(34)24(18(35)6-12)43-28(41)45-26-21(38)9-14(31)10-22(26)39/h3-10H,1-2H3. The van der Waals surface area contributed by atoms with Crippen molar-refractivity contribution in [3.63, 3.8) is 0 Å². The number of rotatable bonds is 6. The van der Waals surface area contributed by atoms with Crippen molar-refractivity contribution in [1.29, 1.82) is 0 Å². The van der Waals surface area contributed by atoms with Crippen LogP contribution in [0.5, 0.6) is 23.0 Å². The van der Waals surface area contributed by atoms with Crippen LogP contribution in [0.3, 0.4) is 0 Å². The van der Waals surface area contributed by atoms with Gasteiger partial charge in [0.05, 0.1) is 35.8 Å². The minimum Gasteiger partial charge on any atom is -0.392 e. The summed E-state index contributed by atoms with van der Waals surface area (Å²) in [6, 6.07) is 14.4. The Labute approximate surface area is 342 Å². The second-order valence-corrected chi connectivity index (χ2v) is 18.1. The molecule has 4 aromatic carbocycles.